The Bertz CT molecular complexity index is 1030. The molecule has 0 unspecified atom stereocenters. The molecule has 0 heterocycles. The molecule has 0 radical (unpaired) electrons. The molecule has 2 rings (SSSR count). The Morgan fingerprint density at radius 2 is 1.74 bits per heavy atom. The number of rotatable bonds is 14. The second-order valence-corrected chi connectivity index (χ2v) is 10.1. The highest BCUT2D eigenvalue weighted by molar-refractivity contribution is 7.88. The molecule has 0 saturated heterocycles. The molecule has 2 atom stereocenters. The highest BCUT2D eigenvalue weighted by Crippen LogP contribution is 2.12. The topological polar surface area (TPSA) is 108 Å². The van der Waals surface area contributed by atoms with Crippen molar-refractivity contribution in [1.82, 2.24) is 15.4 Å². The number of halogens is 2. The SMILES string of the molecule is CCc1cccc(CNC[C@H](O)[C@H](Cc2cc(F)cc(F)c2)NC(=O)CCCNS(C)(=O)=O)c1. The number of nitrogens with one attached hydrogen (secondary N) is 3. The molecule has 34 heavy (non-hydrogen) atoms. The van der Waals surface area contributed by atoms with Crippen LogP contribution in [0.1, 0.15) is 36.5 Å². The van der Waals surface area contributed by atoms with Crippen molar-refractivity contribution in [3.05, 3.63) is 70.8 Å². The first kappa shape index (κ1) is 27.8. The van der Waals surface area contributed by atoms with Gasteiger partial charge in [-0.3, -0.25) is 4.79 Å². The van der Waals surface area contributed by atoms with Gasteiger partial charge in [-0.1, -0.05) is 31.2 Å². The molecule has 0 aliphatic carbocycles. The van der Waals surface area contributed by atoms with Crippen LogP contribution in [0.5, 0.6) is 0 Å². The molecule has 0 aliphatic rings. The van der Waals surface area contributed by atoms with Crippen LogP contribution in [0.2, 0.25) is 0 Å². The van der Waals surface area contributed by atoms with E-state index < -0.39 is 39.7 Å². The summed E-state index contributed by atoms with van der Waals surface area (Å²) < 4.78 is 51.8. The number of amides is 1. The zero-order valence-corrected chi connectivity index (χ0v) is 20.3. The van der Waals surface area contributed by atoms with Crippen LogP contribution in [0, 0.1) is 11.6 Å². The number of sulfonamides is 1. The van der Waals surface area contributed by atoms with E-state index in [0.29, 0.717) is 12.1 Å². The van der Waals surface area contributed by atoms with Crippen molar-refractivity contribution in [2.75, 3.05) is 19.3 Å². The Kier molecular flexibility index (Phi) is 11.0. The van der Waals surface area contributed by atoms with E-state index in [1.807, 2.05) is 18.2 Å². The Hall–Kier alpha value is -2.40. The molecule has 0 spiro atoms. The molecule has 10 heteroatoms. The van der Waals surface area contributed by atoms with Crippen LogP contribution >= 0.6 is 0 Å². The highest BCUT2D eigenvalue weighted by atomic mass is 32.2. The smallest absolute Gasteiger partial charge is 0.220 e. The Morgan fingerprint density at radius 3 is 2.38 bits per heavy atom. The van der Waals surface area contributed by atoms with Crippen LogP contribution < -0.4 is 15.4 Å². The second kappa shape index (κ2) is 13.5. The molecule has 0 bridgehead atoms. The number of benzene rings is 2. The molecule has 0 fully saturated rings. The van der Waals surface area contributed by atoms with Gasteiger partial charge >= 0.3 is 0 Å². The zero-order chi connectivity index (χ0) is 25.1. The number of aliphatic hydroxyl groups is 1. The van der Waals surface area contributed by atoms with Gasteiger partial charge in [-0.25, -0.2) is 21.9 Å². The van der Waals surface area contributed by atoms with Gasteiger partial charge in [0.05, 0.1) is 18.4 Å². The van der Waals surface area contributed by atoms with Crippen molar-refractivity contribution in [3.63, 3.8) is 0 Å². The second-order valence-electron chi connectivity index (χ2n) is 8.30. The summed E-state index contributed by atoms with van der Waals surface area (Å²) >= 11 is 0. The molecule has 0 aromatic heterocycles. The molecular formula is C24H33F2N3O4S. The van der Waals surface area contributed by atoms with E-state index in [1.165, 1.54) is 5.56 Å². The predicted octanol–water partition coefficient (Wildman–Crippen LogP) is 2.03. The maximum atomic E-state index is 13.6. The van der Waals surface area contributed by atoms with Crippen molar-refractivity contribution in [2.45, 2.75) is 51.3 Å². The normalized spacial score (nSPS) is 13.4. The molecule has 4 N–H and O–H groups in total. The number of carbonyl (C=O) groups excluding carboxylic acids is 1. The summed E-state index contributed by atoms with van der Waals surface area (Å²) in [6.07, 6.45) is 1.23. The lowest BCUT2D eigenvalue weighted by atomic mass is 10.00. The van der Waals surface area contributed by atoms with Crippen LogP contribution in [0.4, 0.5) is 8.78 Å². The number of hydrogen-bond donors (Lipinski definition) is 4. The molecule has 7 nitrogen and oxygen atoms in total. The lowest BCUT2D eigenvalue weighted by molar-refractivity contribution is -0.122. The van der Waals surface area contributed by atoms with Gasteiger partial charge in [0.2, 0.25) is 15.9 Å². The maximum absolute atomic E-state index is 13.6. The summed E-state index contributed by atoms with van der Waals surface area (Å²) in [6, 6.07) is 10.3. The monoisotopic (exact) mass is 497 g/mol. The van der Waals surface area contributed by atoms with E-state index in [2.05, 4.69) is 28.3 Å². The van der Waals surface area contributed by atoms with Crippen molar-refractivity contribution in [3.8, 4) is 0 Å². The van der Waals surface area contributed by atoms with E-state index in [9.17, 15) is 27.1 Å². The summed E-state index contributed by atoms with van der Waals surface area (Å²) in [5.74, 6) is -1.88. The van der Waals surface area contributed by atoms with Crippen LogP contribution in [0.15, 0.2) is 42.5 Å². The van der Waals surface area contributed by atoms with Crippen LogP contribution in [-0.4, -0.2) is 50.9 Å². The molecule has 0 aliphatic heterocycles. The summed E-state index contributed by atoms with van der Waals surface area (Å²) in [4.78, 5) is 12.4. The highest BCUT2D eigenvalue weighted by Gasteiger charge is 2.22. The Labute approximate surface area is 200 Å². The van der Waals surface area contributed by atoms with Crippen LogP contribution in [0.3, 0.4) is 0 Å². The minimum Gasteiger partial charge on any atom is -0.390 e. The molecule has 0 saturated carbocycles. The molecule has 2 aromatic rings. The summed E-state index contributed by atoms with van der Waals surface area (Å²) in [7, 11) is -3.35. The van der Waals surface area contributed by atoms with E-state index in [4.69, 9.17) is 0 Å². The average molecular weight is 498 g/mol. The van der Waals surface area contributed by atoms with Gasteiger partial charge in [-0.05, 0) is 48.1 Å². The van der Waals surface area contributed by atoms with Crippen LogP contribution in [-0.2, 0) is 34.2 Å². The third kappa shape index (κ3) is 10.7. The Balaban J connectivity index is 1.98. The average Bonchev–Trinajstić information content (AvgIpc) is 2.75. The molecular weight excluding hydrogens is 464 g/mol. The van der Waals surface area contributed by atoms with E-state index in [1.54, 1.807) is 0 Å². The quantitative estimate of drug-likeness (QED) is 0.299. The van der Waals surface area contributed by atoms with Crippen LogP contribution in [0.25, 0.3) is 0 Å². The van der Waals surface area contributed by atoms with Crippen molar-refractivity contribution in [2.24, 2.45) is 0 Å². The maximum Gasteiger partial charge on any atom is 0.220 e. The summed E-state index contributed by atoms with van der Waals surface area (Å²) in [5, 5.41) is 16.6. The lowest BCUT2D eigenvalue weighted by Gasteiger charge is -2.25. The largest absolute Gasteiger partial charge is 0.390 e. The number of carbonyl (C=O) groups is 1. The van der Waals surface area contributed by atoms with Gasteiger partial charge in [0.25, 0.3) is 0 Å². The van der Waals surface area contributed by atoms with Gasteiger partial charge in [-0.2, -0.15) is 0 Å². The molecule has 2 aromatic carbocycles. The van der Waals surface area contributed by atoms with Gasteiger partial charge in [0.1, 0.15) is 11.6 Å². The first-order chi connectivity index (χ1) is 16.1. The molecule has 188 valence electrons. The third-order valence-corrected chi connectivity index (χ3v) is 5.94. The van der Waals surface area contributed by atoms with Crippen molar-refractivity contribution in [1.29, 1.82) is 0 Å². The zero-order valence-electron chi connectivity index (χ0n) is 19.5. The number of aliphatic hydroxyl groups excluding tert-OH is 1. The van der Waals surface area contributed by atoms with Crippen molar-refractivity contribution >= 4 is 15.9 Å². The fourth-order valence-electron chi connectivity index (χ4n) is 3.52. The van der Waals surface area contributed by atoms with Crippen molar-refractivity contribution < 1.29 is 27.1 Å². The van der Waals surface area contributed by atoms with E-state index in [-0.39, 0.29) is 32.4 Å². The Morgan fingerprint density at radius 1 is 1.06 bits per heavy atom. The first-order valence-electron chi connectivity index (χ1n) is 11.2. The first-order valence-corrected chi connectivity index (χ1v) is 13.1. The third-order valence-electron chi connectivity index (χ3n) is 5.22. The fraction of sp³-hybridized carbons (Fsp3) is 0.458. The summed E-state index contributed by atoms with van der Waals surface area (Å²) in [6.45, 7) is 2.83. The van der Waals surface area contributed by atoms with Gasteiger partial charge in [0, 0.05) is 32.1 Å². The summed E-state index contributed by atoms with van der Waals surface area (Å²) in [5.41, 5.74) is 2.55. The van der Waals surface area contributed by atoms with Gasteiger partial charge < -0.3 is 15.7 Å². The van der Waals surface area contributed by atoms with Gasteiger partial charge in [0.15, 0.2) is 0 Å². The lowest BCUT2D eigenvalue weighted by Crippen LogP contribution is -2.48. The van der Waals surface area contributed by atoms with E-state index in [0.717, 1.165) is 36.4 Å². The standard InChI is InChI=1S/C24H33F2N3O4S/c1-3-17-6-4-7-18(10-17)15-27-16-23(30)22(13-19-11-20(25)14-21(26)12-19)29-24(31)8-5-9-28-34(2,32)33/h4,6-7,10-12,14,22-23,27-28,30H,3,5,8-9,13,15-16H2,1-2H3,(H,29,31)/t22-,23-/m0/s1. The van der Waals surface area contributed by atoms with E-state index >= 15 is 0 Å². The minimum atomic E-state index is -3.35. The predicted molar refractivity (Wildman–Crippen MR) is 128 cm³/mol. The molecule has 1 amide bonds. The minimum absolute atomic E-state index is 0.0240. The van der Waals surface area contributed by atoms with Gasteiger partial charge in [-0.15, -0.1) is 0 Å². The fourth-order valence-corrected chi connectivity index (χ4v) is 4.03. The number of hydrogen-bond acceptors (Lipinski definition) is 5. The number of aryl methyl sites for hydroxylation is 1.